The van der Waals surface area contributed by atoms with E-state index in [1.807, 2.05) is 41.8 Å². The summed E-state index contributed by atoms with van der Waals surface area (Å²) in [6.45, 7) is 4.19. The summed E-state index contributed by atoms with van der Waals surface area (Å²) in [4.78, 5) is 29.2. The van der Waals surface area contributed by atoms with E-state index in [-0.39, 0.29) is 23.0 Å². The molecule has 0 bridgehead atoms. The lowest BCUT2D eigenvalue weighted by molar-refractivity contribution is -0.120. The number of benzene rings is 1. The van der Waals surface area contributed by atoms with E-state index in [1.54, 1.807) is 23.3 Å². The van der Waals surface area contributed by atoms with Crippen LogP contribution in [0.4, 0.5) is 5.69 Å². The van der Waals surface area contributed by atoms with Crippen LogP contribution in [-0.4, -0.2) is 18.8 Å². The van der Waals surface area contributed by atoms with Crippen LogP contribution in [0, 0.1) is 5.41 Å². The number of ketones is 1. The summed E-state index contributed by atoms with van der Waals surface area (Å²) in [5.41, 5.74) is 2.28. The molecule has 0 radical (unpaired) electrons. The van der Waals surface area contributed by atoms with Crippen molar-refractivity contribution < 1.29 is 14.3 Å². The van der Waals surface area contributed by atoms with Gasteiger partial charge in [0.25, 0.3) is 0 Å². The highest BCUT2D eigenvalue weighted by molar-refractivity contribution is 7.10. The van der Waals surface area contributed by atoms with Crippen molar-refractivity contribution in [1.82, 2.24) is 0 Å². The van der Waals surface area contributed by atoms with Crippen LogP contribution >= 0.6 is 11.3 Å². The number of Topliss-reactive ketones (excluding diaryl/α,β-unsaturated/α-hetero) is 1. The van der Waals surface area contributed by atoms with Crippen LogP contribution in [0.5, 0.6) is 5.75 Å². The molecule has 140 valence electrons. The molecule has 1 atom stereocenters. The summed E-state index contributed by atoms with van der Waals surface area (Å²) in [7, 11) is 1.61. The Bertz CT molecular complexity index is 927. The Labute approximate surface area is 163 Å². The van der Waals surface area contributed by atoms with E-state index in [4.69, 9.17) is 4.74 Å². The molecule has 1 aliphatic carbocycles. The molecule has 5 heteroatoms. The number of anilines is 1. The number of carbonyl (C=O) groups is 2. The van der Waals surface area contributed by atoms with Crippen molar-refractivity contribution in [2.24, 2.45) is 5.41 Å². The van der Waals surface area contributed by atoms with Crippen LogP contribution in [0.25, 0.3) is 0 Å². The molecule has 1 aromatic carbocycles. The van der Waals surface area contributed by atoms with Crippen LogP contribution in [0.15, 0.2) is 53.0 Å². The van der Waals surface area contributed by atoms with Gasteiger partial charge in [0, 0.05) is 41.0 Å². The average Bonchev–Trinajstić information content (AvgIpc) is 3.14. The molecule has 1 aromatic heterocycles. The first kappa shape index (κ1) is 18.0. The fourth-order valence-electron chi connectivity index (χ4n) is 4.20. The molecule has 2 heterocycles. The number of nitrogens with zero attached hydrogens (tertiary/aromatic N) is 1. The number of methoxy groups -OCH3 is 1. The van der Waals surface area contributed by atoms with E-state index < -0.39 is 0 Å². The molecule has 4 nitrogen and oxygen atoms in total. The van der Waals surface area contributed by atoms with Gasteiger partial charge in [-0.15, -0.1) is 11.3 Å². The van der Waals surface area contributed by atoms with Gasteiger partial charge in [0.15, 0.2) is 5.78 Å². The molecule has 0 saturated carbocycles. The van der Waals surface area contributed by atoms with Crippen LogP contribution in [-0.2, 0) is 9.59 Å². The molecule has 27 heavy (non-hydrogen) atoms. The van der Waals surface area contributed by atoms with Crippen molar-refractivity contribution in [3.8, 4) is 5.75 Å². The fraction of sp³-hybridized carbons (Fsp3) is 0.364. The van der Waals surface area contributed by atoms with Gasteiger partial charge in [0.2, 0.25) is 5.91 Å². The molecular formula is C22H23NO3S. The van der Waals surface area contributed by atoms with Gasteiger partial charge in [0.1, 0.15) is 5.75 Å². The Morgan fingerprint density at radius 2 is 1.96 bits per heavy atom. The zero-order chi connectivity index (χ0) is 19.2. The first-order valence-corrected chi connectivity index (χ1v) is 10.0. The molecule has 1 aliphatic heterocycles. The number of allylic oxidation sites excluding steroid dienone is 2. The highest BCUT2D eigenvalue weighted by Gasteiger charge is 2.44. The molecule has 1 unspecified atom stereocenters. The first-order valence-electron chi connectivity index (χ1n) is 9.16. The number of amides is 1. The van der Waals surface area contributed by atoms with Crippen molar-refractivity contribution in [3.63, 3.8) is 0 Å². The highest BCUT2D eigenvalue weighted by atomic mass is 32.1. The Balaban J connectivity index is 1.89. The number of ether oxygens (including phenoxy) is 1. The van der Waals surface area contributed by atoms with Crippen LogP contribution < -0.4 is 9.64 Å². The number of carbonyl (C=O) groups excluding carboxylic acids is 2. The van der Waals surface area contributed by atoms with Crippen molar-refractivity contribution >= 4 is 28.7 Å². The normalized spacial score (nSPS) is 22.0. The lowest BCUT2D eigenvalue weighted by Crippen LogP contribution is -2.43. The predicted octanol–water partition coefficient (Wildman–Crippen LogP) is 4.92. The minimum atomic E-state index is -0.162. The molecule has 0 spiro atoms. The monoisotopic (exact) mass is 381 g/mol. The third-order valence-corrected chi connectivity index (χ3v) is 6.33. The average molecular weight is 381 g/mol. The number of rotatable bonds is 3. The van der Waals surface area contributed by atoms with Crippen molar-refractivity contribution in [3.05, 3.63) is 57.9 Å². The second kappa shape index (κ2) is 6.64. The maximum Gasteiger partial charge on any atom is 0.232 e. The maximum atomic E-state index is 13.2. The molecule has 0 saturated heterocycles. The molecule has 0 fully saturated rings. The molecule has 4 rings (SSSR count). The minimum Gasteiger partial charge on any atom is -0.497 e. The Morgan fingerprint density at radius 1 is 1.15 bits per heavy atom. The molecule has 2 aliphatic rings. The zero-order valence-electron chi connectivity index (χ0n) is 15.8. The third-order valence-electron chi connectivity index (χ3n) is 5.34. The summed E-state index contributed by atoms with van der Waals surface area (Å²) in [5.74, 6) is 0.771. The second-order valence-electron chi connectivity index (χ2n) is 8.00. The second-order valence-corrected chi connectivity index (χ2v) is 8.98. The maximum absolute atomic E-state index is 13.2. The van der Waals surface area contributed by atoms with Gasteiger partial charge in [-0.1, -0.05) is 26.0 Å². The van der Waals surface area contributed by atoms with Crippen molar-refractivity contribution in [1.29, 1.82) is 0 Å². The van der Waals surface area contributed by atoms with E-state index >= 15 is 0 Å². The van der Waals surface area contributed by atoms with Crippen LogP contribution in [0.3, 0.4) is 0 Å². The van der Waals surface area contributed by atoms with Gasteiger partial charge in [-0.05, 0) is 35.4 Å². The summed E-state index contributed by atoms with van der Waals surface area (Å²) in [5, 5.41) is 2.01. The Kier molecular flexibility index (Phi) is 4.42. The summed E-state index contributed by atoms with van der Waals surface area (Å²) in [6.07, 6.45) is 1.55. The van der Waals surface area contributed by atoms with Gasteiger partial charge in [-0.2, -0.15) is 0 Å². The smallest absolute Gasteiger partial charge is 0.232 e. The number of thiophene rings is 1. The van der Waals surface area contributed by atoms with E-state index in [2.05, 4.69) is 13.8 Å². The van der Waals surface area contributed by atoms with E-state index in [9.17, 15) is 9.59 Å². The van der Waals surface area contributed by atoms with Crippen LogP contribution in [0.2, 0.25) is 0 Å². The van der Waals surface area contributed by atoms with Gasteiger partial charge in [-0.25, -0.2) is 0 Å². The lowest BCUT2D eigenvalue weighted by atomic mass is 9.70. The first-order chi connectivity index (χ1) is 12.9. The predicted molar refractivity (Wildman–Crippen MR) is 107 cm³/mol. The number of hydrogen-bond donors (Lipinski definition) is 0. The molecule has 2 aromatic rings. The van der Waals surface area contributed by atoms with E-state index in [1.165, 1.54) is 0 Å². The largest absolute Gasteiger partial charge is 0.497 e. The number of hydrogen-bond acceptors (Lipinski definition) is 4. The van der Waals surface area contributed by atoms with Crippen molar-refractivity contribution in [2.75, 3.05) is 12.0 Å². The summed E-state index contributed by atoms with van der Waals surface area (Å²) >= 11 is 1.62. The molecule has 0 N–H and O–H groups in total. The Hall–Kier alpha value is -2.40. The quantitative estimate of drug-likeness (QED) is 0.758. The van der Waals surface area contributed by atoms with E-state index in [0.29, 0.717) is 25.0 Å². The fourth-order valence-corrected chi connectivity index (χ4v) is 5.03. The highest BCUT2D eigenvalue weighted by Crippen LogP contribution is 2.48. The van der Waals surface area contributed by atoms with Crippen LogP contribution in [0.1, 0.15) is 43.9 Å². The summed E-state index contributed by atoms with van der Waals surface area (Å²) in [6, 6.07) is 11.5. The Morgan fingerprint density at radius 3 is 2.67 bits per heavy atom. The van der Waals surface area contributed by atoms with Gasteiger partial charge in [0.05, 0.1) is 12.8 Å². The van der Waals surface area contributed by atoms with Gasteiger partial charge < -0.3 is 4.74 Å². The van der Waals surface area contributed by atoms with Crippen molar-refractivity contribution in [2.45, 2.75) is 39.0 Å². The summed E-state index contributed by atoms with van der Waals surface area (Å²) < 4.78 is 5.34. The molecular weight excluding hydrogens is 358 g/mol. The lowest BCUT2D eigenvalue weighted by Gasteiger charge is -2.42. The molecule has 1 amide bonds. The van der Waals surface area contributed by atoms with Gasteiger partial charge in [-0.3, -0.25) is 14.5 Å². The van der Waals surface area contributed by atoms with E-state index in [0.717, 1.165) is 21.8 Å². The standard InChI is InChI=1S/C22H23NO3S/c1-22(2)12-17-21(18(24)13-22)16(19-8-5-9-27-19)11-20(25)23(17)14-6-4-7-15(10-14)26-3/h4-10,16H,11-13H2,1-3H3. The topological polar surface area (TPSA) is 46.6 Å². The third kappa shape index (κ3) is 3.21. The zero-order valence-corrected chi connectivity index (χ0v) is 16.6. The SMILES string of the molecule is COc1cccc(N2C(=O)CC(c3cccs3)C3=C2CC(C)(C)CC3=O)c1. The van der Waals surface area contributed by atoms with Gasteiger partial charge >= 0.3 is 0 Å². The minimum absolute atomic E-state index is 0.0332.